The molecule has 1 aliphatic heterocycles. The van der Waals surface area contributed by atoms with Crippen LogP contribution in [0.1, 0.15) is 44.1 Å². The smallest absolute Gasteiger partial charge is 0.327 e. The summed E-state index contributed by atoms with van der Waals surface area (Å²) in [6, 6.07) is 6.33. The average Bonchev–Trinajstić information content (AvgIpc) is 3.27. The van der Waals surface area contributed by atoms with Crippen molar-refractivity contribution in [2.75, 3.05) is 18.0 Å². The van der Waals surface area contributed by atoms with Crippen LogP contribution in [0.4, 0.5) is 18.9 Å². The van der Waals surface area contributed by atoms with Gasteiger partial charge in [-0.05, 0) is 55.6 Å². The normalized spacial score (nSPS) is 21.1. The van der Waals surface area contributed by atoms with Gasteiger partial charge in [0.25, 0.3) is 5.91 Å². The Morgan fingerprint density at radius 1 is 1.12 bits per heavy atom. The van der Waals surface area contributed by atoms with Crippen molar-refractivity contribution in [1.82, 2.24) is 4.90 Å². The maximum atomic E-state index is 13.4. The highest BCUT2D eigenvalue weighted by atomic mass is 19.4. The largest absolute Gasteiger partial charge is 0.471 e. The fourth-order valence-electron chi connectivity index (χ4n) is 5.06. The number of carbonyl (C=O) groups is 2. The van der Waals surface area contributed by atoms with E-state index in [1.807, 2.05) is 24.3 Å². The van der Waals surface area contributed by atoms with E-state index in [0.717, 1.165) is 61.1 Å². The summed E-state index contributed by atoms with van der Waals surface area (Å²) in [6.45, 7) is 0.392. The van der Waals surface area contributed by atoms with Crippen molar-refractivity contribution in [3.8, 4) is 0 Å². The van der Waals surface area contributed by atoms with E-state index in [2.05, 4.69) is 0 Å². The van der Waals surface area contributed by atoms with Crippen molar-refractivity contribution >= 4 is 17.5 Å². The molecule has 1 aromatic carbocycles. The van der Waals surface area contributed by atoms with Gasteiger partial charge in [0.15, 0.2) is 0 Å². The third-order valence-electron chi connectivity index (χ3n) is 6.97. The van der Waals surface area contributed by atoms with Crippen LogP contribution in [0.5, 0.6) is 0 Å². The number of amides is 2. The predicted molar refractivity (Wildman–Crippen MR) is 116 cm³/mol. The highest BCUT2D eigenvalue weighted by molar-refractivity contribution is 6.03. The van der Waals surface area contributed by atoms with E-state index in [1.54, 1.807) is 4.90 Å². The molecule has 2 saturated carbocycles. The molecule has 2 aliphatic carbocycles. The van der Waals surface area contributed by atoms with E-state index in [4.69, 9.17) is 5.73 Å². The highest BCUT2D eigenvalue weighted by Gasteiger charge is 2.48. The molecule has 4 rings (SSSR count). The van der Waals surface area contributed by atoms with E-state index in [9.17, 15) is 22.8 Å². The highest BCUT2D eigenvalue weighted by Crippen LogP contribution is 2.38. The summed E-state index contributed by atoms with van der Waals surface area (Å²) < 4.78 is 40.3. The standard InChI is InChI=1S/C24H30F3N3O2/c25-24(26,27)23(32)30(15-19(28)16-5-1-2-6-16)21(18-9-10-18)11-12-22(31)29-14-13-17-7-3-4-8-20(17)29/h3-4,7-8,11-12,16,18-19,21H,1-2,5-6,9-10,13-15,28H2/b12-11+/t19-,21-/m1/s1. The molecule has 0 saturated heterocycles. The van der Waals surface area contributed by atoms with Crippen molar-refractivity contribution in [2.24, 2.45) is 17.6 Å². The molecule has 32 heavy (non-hydrogen) atoms. The van der Waals surface area contributed by atoms with Gasteiger partial charge >= 0.3 is 12.1 Å². The molecule has 0 unspecified atom stereocenters. The quantitative estimate of drug-likeness (QED) is 0.644. The van der Waals surface area contributed by atoms with Crippen molar-refractivity contribution in [1.29, 1.82) is 0 Å². The van der Waals surface area contributed by atoms with Gasteiger partial charge in [-0.2, -0.15) is 13.2 Å². The maximum Gasteiger partial charge on any atom is 0.471 e. The average molecular weight is 450 g/mol. The number of anilines is 1. The van der Waals surface area contributed by atoms with Gasteiger partial charge in [-0.15, -0.1) is 0 Å². The number of benzene rings is 1. The molecule has 3 aliphatic rings. The Labute approximate surface area is 186 Å². The summed E-state index contributed by atoms with van der Waals surface area (Å²) in [6.07, 6.45) is 3.86. The summed E-state index contributed by atoms with van der Waals surface area (Å²) in [7, 11) is 0. The number of rotatable bonds is 7. The molecular weight excluding hydrogens is 419 g/mol. The van der Waals surface area contributed by atoms with Crippen LogP contribution in [0.3, 0.4) is 0 Å². The summed E-state index contributed by atoms with van der Waals surface area (Å²) in [5.41, 5.74) is 8.17. The number of nitrogens with zero attached hydrogens (tertiary/aromatic N) is 2. The summed E-state index contributed by atoms with van der Waals surface area (Å²) >= 11 is 0. The minimum atomic E-state index is -4.98. The van der Waals surface area contributed by atoms with Gasteiger partial charge in [0.05, 0.1) is 6.04 Å². The molecule has 5 nitrogen and oxygen atoms in total. The monoisotopic (exact) mass is 449 g/mol. The van der Waals surface area contributed by atoms with E-state index in [0.29, 0.717) is 6.54 Å². The molecule has 0 radical (unpaired) electrons. The van der Waals surface area contributed by atoms with E-state index >= 15 is 0 Å². The van der Waals surface area contributed by atoms with E-state index in [1.165, 1.54) is 12.2 Å². The third-order valence-corrected chi connectivity index (χ3v) is 6.97. The first-order chi connectivity index (χ1) is 15.3. The molecule has 2 atom stereocenters. The number of carbonyl (C=O) groups excluding carboxylic acids is 2. The van der Waals surface area contributed by atoms with Crippen LogP contribution in [0.25, 0.3) is 0 Å². The molecule has 0 spiro atoms. The van der Waals surface area contributed by atoms with Crippen LogP contribution in [-0.2, 0) is 16.0 Å². The van der Waals surface area contributed by atoms with Crippen LogP contribution in [0, 0.1) is 11.8 Å². The minimum absolute atomic E-state index is 0.0769. The Morgan fingerprint density at radius 2 is 1.81 bits per heavy atom. The Hall–Kier alpha value is -2.35. The molecule has 2 N–H and O–H groups in total. The number of fused-ring (bicyclic) bond motifs is 1. The fraction of sp³-hybridized carbons (Fsp3) is 0.583. The topological polar surface area (TPSA) is 66.6 Å². The first-order valence-corrected chi connectivity index (χ1v) is 11.5. The number of para-hydroxylation sites is 1. The van der Waals surface area contributed by atoms with Gasteiger partial charge in [-0.25, -0.2) is 0 Å². The number of hydrogen-bond donors (Lipinski definition) is 1. The lowest BCUT2D eigenvalue weighted by Gasteiger charge is -2.34. The van der Waals surface area contributed by atoms with Gasteiger partial charge in [0.2, 0.25) is 0 Å². The molecule has 1 heterocycles. The predicted octanol–water partition coefficient (Wildman–Crippen LogP) is 3.82. The Balaban J connectivity index is 1.53. The Bertz CT molecular complexity index is 875. The SMILES string of the molecule is N[C@H](CN(C(=O)C(F)(F)F)[C@H](/C=C/C(=O)N1CCc2ccccc21)C1CC1)C1CCCC1. The summed E-state index contributed by atoms with van der Waals surface area (Å²) in [5, 5.41) is 0. The van der Waals surface area contributed by atoms with Crippen molar-refractivity contribution in [2.45, 2.75) is 63.2 Å². The molecule has 2 fully saturated rings. The Kier molecular flexibility index (Phi) is 6.60. The second-order valence-electron chi connectivity index (χ2n) is 9.22. The van der Waals surface area contributed by atoms with Gasteiger partial charge in [0, 0.05) is 30.9 Å². The maximum absolute atomic E-state index is 13.4. The molecule has 2 amide bonds. The first kappa shape index (κ1) is 22.8. The zero-order valence-corrected chi connectivity index (χ0v) is 18.1. The van der Waals surface area contributed by atoms with Crippen LogP contribution >= 0.6 is 0 Å². The third kappa shape index (κ3) is 5.00. The number of alkyl halides is 3. The van der Waals surface area contributed by atoms with Gasteiger partial charge in [-0.3, -0.25) is 9.59 Å². The number of hydrogen-bond acceptors (Lipinski definition) is 3. The van der Waals surface area contributed by atoms with Crippen LogP contribution in [0.15, 0.2) is 36.4 Å². The molecule has 1 aromatic rings. The summed E-state index contributed by atoms with van der Waals surface area (Å²) in [5.74, 6) is -2.09. The van der Waals surface area contributed by atoms with E-state index in [-0.39, 0.29) is 24.3 Å². The molecule has 8 heteroatoms. The minimum Gasteiger partial charge on any atom is -0.327 e. The van der Waals surface area contributed by atoms with Crippen LogP contribution in [0.2, 0.25) is 0 Å². The van der Waals surface area contributed by atoms with Crippen LogP contribution < -0.4 is 10.6 Å². The zero-order chi connectivity index (χ0) is 22.9. The van der Waals surface area contributed by atoms with Gasteiger partial charge in [0.1, 0.15) is 0 Å². The molecule has 174 valence electrons. The zero-order valence-electron chi connectivity index (χ0n) is 18.1. The summed E-state index contributed by atoms with van der Waals surface area (Å²) in [4.78, 5) is 27.7. The lowest BCUT2D eigenvalue weighted by atomic mass is 9.97. The number of nitrogens with two attached hydrogens (primary N) is 1. The fourth-order valence-corrected chi connectivity index (χ4v) is 5.06. The van der Waals surface area contributed by atoms with Gasteiger partial charge < -0.3 is 15.5 Å². The van der Waals surface area contributed by atoms with Crippen LogP contribution in [-0.4, -0.2) is 48.1 Å². The van der Waals surface area contributed by atoms with Crippen molar-refractivity contribution in [3.63, 3.8) is 0 Å². The van der Waals surface area contributed by atoms with Crippen molar-refractivity contribution < 1.29 is 22.8 Å². The molecule has 0 bridgehead atoms. The van der Waals surface area contributed by atoms with Crippen molar-refractivity contribution in [3.05, 3.63) is 42.0 Å². The lowest BCUT2D eigenvalue weighted by molar-refractivity contribution is -0.187. The Morgan fingerprint density at radius 3 is 2.47 bits per heavy atom. The lowest BCUT2D eigenvalue weighted by Crippen LogP contribution is -2.53. The van der Waals surface area contributed by atoms with E-state index < -0.39 is 24.2 Å². The van der Waals surface area contributed by atoms with Gasteiger partial charge in [-0.1, -0.05) is 37.1 Å². The molecule has 0 aromatic heterocycles. The second-order valence-corrected chi connectivity index (χ2v) is 9.22. The first-order valence-electron chi connectivity index (χ1n) is 11.5. The number of halogens is 3. The molecular formula is C24H30F3N3O2. The second kappa shape index (κ2) is 9.25.